The number of hydrogen-bond donors (Lipinski definition) is 2. The summed E-state index contributed by atoms with van der Waals surface area (Å²) in [7, 11) is 4.08. The summed E-state index contributed by atoms with van der Waals surface area (Å²) in [6.07, 6.45) is 2.98. The molecule has 19 heavy (non-hydrogen) atoms. The molecule has 0 unspecified atom stereocenters. The summed E-state index contributed by atoms with van der Waals surface area (Å²) in [4.78, 5) is 12.5. The third-order valence-electron chi connectivity index (χ3n) is 3.09. The van der Waals surface area contributed by atoms with Crippen LogP contribution in [0.3, 0.4) is 0 Å². The van der Waals surface area contributed by atoms with Crippen molar-refractivity contribution < 1.29 is 9.90 Å². The van der Waals surface area contributed by atoms with E-state index < -0.39 is 5.97 Å². The summed E-state index contributed by atoms with van der Waals surface area (Å²) in [5, 5.41) is 11.9. The first-order chi connectivity index (χ1) is 9.00. The minimum absolute atomic E-state index is 0.273. The molecule has 0 aliphatic heterocycles. The van der Waals surface area contributed by atoms with Crippen molar-refractivity contribution in [3.05, 3.63) is 23.8 Å². The molecule has 1 aromatic carbocycles. The SMILES string of the molecule is Cc1ccc(NCCCCCC(=O)O)cc1N(C)C. The van der Waals surface area contributed by atoms with Crippen LogP contribution in [0.4, 0.5) is 11.4 Å². The van der Waals surface area contributed by atoms with Gasteiger partial charge in [0.15, 0.2) is 0 Å². The lowest BCUT2D eigenvalue weighted by molar-refractivity contribution is -0.137. The number of aryl methyl sites for hydroxylation is 1. The maximum atomic E-state index is 10.4. The second-order valence-electron chi connectivity index (χ2n) is 5.03. The van der Waals surface area contributed by atoms with Crippen molar-refractivity contribution in [2.75, 3.05) is 30.9 Å². The summed E-state index contributed by atoms with van der Waals surface area (Å²) in [5.74, 6) is -0.706. The number of aliphatic carboxylic acids is 1. The molecule has 0 bridgehead atoms. The first-order valence-corrected chi connectivity index (χ1v) is 6.74. The van der Waals surface area contributed by atoms with E-state index in [1.165, 1.54) is 11.3 Å². The van der Waals surface area contributed by atoms with Crippen LogP contribution in [-0.2, 0) is 4.79 Å². The zero-order valence-corrected chi connectivity index (χ0v) is 12.1. The molecule has 0 atom stereocenters. The van der Waals surface area contributed by atoms with Crippen LogP contribution >= 0.6 is 0 Å². The Bertz CT molecular complexity index is 417. The van der Waals surface area contributed by atoms with E-state index in [-0.39, 0.29) is 6.42 Å². The highest BCUT2D eigenvalue weighted by atomic mass is 16.4. The number of nitrogens with zero attached hydrogens (tertiary/aromatic N) is 1. The van der Waals surface area contributed by atoms with Crippen molar-refractivity contribution in [3.63, 3.8) is 0 Å². The first-order valence-electron chi connectivity index (χ1n) is 6.74. The van der Waals surface area contributed by atoms with Crippen LogP contribution in [0, 0.1) is 6.92 Å². The van der Waals surface area contributed by atoms with Gasteiger partial charge in [0, 0.05) is 38.4 Å². The van der Waals surface area contributed by atoms with Gasteiger partial charge in [0.05, 0.1) is 0 Å². The topological polar surface area (TPSA) is 52.6 Å². The number of hydrogen-bond acceptors (Lipinski definition) is 3. The van der Waals surface area contributed by atoms with E-state index in [9.17, 15) is 4.79 Å². The molecule has 1 aromatic rings. The molecule has 0 radical (unpaired) electrons. The van der Waals surface area contributed by atoms with Gasteiger partial charge in [-0.3, -0.25) is 4.79 Å². The Morgan fingerprint density at radius 2 is 2.00 bits per heavy atom. The normalized spacial score (nSPS) is 10.3. The zero-order chi connectivity index (χ0) is 14.3. The van der Waals surface area contributed by atoms with Crippen molar-refractivity contribution in [3.8, 4) is 0 Å². The van der Waals surface area contributed by atoms with E-state index in [1.54, 1.807) is 0 Å². The zero-order valence-electron chi connectivity index (χ0n) is 12.1. The molecular formula is C15H24N2O2. The largest absolute Gasteiger partial charge is 0.481 e. The van der Waals surface area contributed by atoms with E-state index in [4.69, 9.17) is 5.11 Å². The molecule has 0 aromatic heterocycles. The van der Waals surface area contributed by atoms with E-state index in [2.05, 4.69) is 35.3 Å². The summed E-state index contributed by atoms with van der Waals surface area (Å²) in [6.45, 7) is 2.99. The molecule has 0 spiro atoms. The fourth-order valence-electron chi connectivity index (χ4n) is 2.01. The van der Waals surface area contributed by atoms with Crippen molar-refractivity contribution >= 4 is 17.3 Å². The summed E-state index contributed by atoms with van der Waals surface area (Å²) in [6, 6.07) is 6.34. The highest BCUT2D eigenvalue weighted by Crippen LogP contribution is 2.22. The molecule has 4 nitrogen and oxygen atoms in total. The molecule has 0 saturated heterocycles. The Hall–Kier alpha value is -1.71. The molecule has 0 saturated carbocycles. The predicted molar refractivity (Wildman–Crippen MR) is 80.1 cm³/mol. The van der Waals surface area contributed by atoms with Crippen LogP contribution in [0.25, 0.3) is 0 Å². The van der Waals surface area contributed by atoms with Gasteiger partial charge in [-0.2, -0.15) is 0 Å². The number of carboxylic acid groups (broad SMARTS) is 1. The minimum Gasteiger partial charge on any atom is -0.481 e. The van der Waals surface area contributed by atoms with Crippen molar-refractivity contribution in [1.82, 2.24) is 0 Å². The van der Waals surface area contributed by atoms with E-state index >= 15 is 0 Å². The van der Waals surface area contributed by atoms with E-state index in [0.717, 1.165) is 31.5 Å². The van der Waals surface area contributed by atoms with Gasteiger partial charge in [-0.15, -0.1) is 0 Å². The van der Waals surface area contributed by atoms with E-state index in [0.29, 0.717) is 0 Å². The van der Waals surface area contributed by atoms with Gasteiger partial charge in [-0.25, -0.2) is 0 Å². The molecule has 106 valence electrons. The maximum Gasteiger partial charge on any atom is 0.303 e. The molecule has 0 aliphatic carbocycles. The quantitative estimate of drug-likeness (QED) is 0.708. The standard InChI is InChI=1S/C15H24N2O2/c1-12-8-9-13(11-14(12)17(2)3)16-10-6-4-5-7-15(18)19/h8-9,11,16H,4-7,10H2,1-3H3,(H,18,19). The van der Waals surface area contributed by atoms with Crippen LogP contribution in [0.1, 0.15) is 31.2 Å². The smallest absolute Gasteiger partial charge is 0.303 e. The van der Waals surface area contributed by atoms with Crippen molar-refractivity contribution in [2.45, 2.75) is 32.6 Å². The predicted octanol–water partition coefficient (Wildman–Crippen LogP) is 3.12. The van der Waals surface area contributed by atoms with Gasteiger partial charge in [0.25, 0.3) is 0 Å². The number of rotatable bonds is 8. The Labute approximate surface area is 115 Å². The minimum atomic E-state index is -0.706. The van der Waals surface area contributed by atoms with Gasteiger partial charge in [-0.05, 0) is 37.5 Å². The van der Waals surface area contributed by atoms with Crippen molar-refractivity contribution in [2.24, 2.45) is 0 Å². The summed E-state index contributed by atoms with van der Waals surface area (Å²) < 4.78 is 0. The van der Waals surface area contributed by atoms with Gasteiger partial charge < -0.3 is 15.3 Å². The van der Waals surface area contributed by atoms with Gasteiger partial charge >= 0.3 is 5.97 Å². The molecular weight excluding hydrogens is 240 g/mol. The molecule has 0 amide bonds. The molecule has 1 rings (SSSR count). The number of anilines is 2. The second kappa shape index (κ2) is 7.67. The number of nitrogens with one attached hydrogen (secondary N) is 1. The Kier molecular flexibility index (Phi) is 6.19. The van der Waals surface area contributed by atoms with Crippen LogP contribution in [0.2, 0.25) is 0 Å². The third-order valence-corrected chi connectivity index (χ3v) is 3.09. The number of benzene rings is 1. The Morgan fingerprint density at radius 3 is 2.63 bits per heavy atom. The fourth-order valence-corrected chi connectivity index (χ4v) is 2.01. The van der Waals surface area contributed by atoms with Crippen LogP contribution in [0.15, 0.2) is 18.2 Å². The maximum absolute atomic E-state index is 10.4. The van der Waals surface area contributed by atoms with Gasteiger partial charge in [0.2, 0.25) is 0 Å². The van der Waals surface area contributed by atoms with Gasteiger partial charge in [-0.1, -0.05) is 12.5 Å². The number of unbranched alkanes of at least 4 members (excludes halogenated alkanes) is 2. The molecule has 0 heterocycles. The average Bonchev–Trinajstić information content (AvgIpc) is 2.34. The van der Waals surface area contributed by atoms with Crippen LogP contribution in [-0.4, -0.2) is 31.7 Å². The number of carbonyl (C=O) groups is 1. The number of carboxylic acids is 1. The third kappa shape index (κ3) is 5.64. The van der Waals surface area contributed by atoms with E-state index in [1.807, 2.05) is 14.1 Å². The van der Waals surface area contributed by atoms with Crippen LogP contribution in [0.5, 0.6) is 0 Å². The highest BCUT2D eigenvalue weighted by molar-refractivity contribution is 5.66. The molecule has 0 fully saturated rings. The summed E-state index contributed by atoms with van der Waals surface area (Å²) in [5.41, 5.74) is 3.60. The Morgan fingerprint density at radius 1 is 1.26 bits per heavy atom. The monoisotopic (exact) mass is 264 g/mol. The molecule has 0 aliphatic rings. The lowest BCUT2D eigenvalue weighted by Gasteiger charge is -2.17. The lowest BCUT2D eigenvalue weighted by Crippen LogP contribution is -2.11. The summed E-state index contributed by atoms with van der Waals surface area (Å²) >= 11 is 0. The highest BCUT2D eigenvalue weighted by Gasteiger charge is 2.02. The van der Waals surface area contributed by atoms with Gasteiger partial charge in [0.1, 0.15) is 0 Å². The van der Waals surface area contributed by atoms with Crippen LogP contribution < -0.4 is 10.2 Å². The molecule has 4 heteroatoms. The second-order valence-corrected chi connectivity index (χ2v) is 5.03. The fraction of sp³-hybridized carbons (Fsp3) is 0.533. The average molecular weight is 264 g/mol. The molecule has 2 N–H and O–H groups in total. The lowest BCUT2D eigenvalue weighted by atomic mass is 10.1. The first kappa shape index (κ1) is 15.3. The Balaban J connectivity index is 2.33. The van der Waals surface area contributed by atoms with Crippen molar-refractivity contribution in [1.29, 1.82) is 0 Å².